The number of hydrogen-bond acceptors (Lipinski definition) is 2. The third-order valence-corrected chi connectivity index (χ3v) is 4.13. The molecule has 0 amide bonds. The van der Waals surface area contributed by atoms with E-state index in [1.165, 1.54) is 24.8 Å². The molecule has 1 atom stereocenters. The Morgan fingerprint density at radius 1 is 1.31 bits per heavy atom. The van der Waals surface area contributed by atoms with Crippen LogP contribution < -0.4 is 5.32 Å². The Labute approximate surface area is 96.7 Å². The summed E-state index contributed by atoms with van der Waals surface area (Å²) >= 11 is 0. The number of aliphatic hydroxyl groups is 1. The van der Waals surface area contributed by atoms with Crippen molar-refractivity contribution in [3.8, 4) is 0 Å². The fourth-order valence-corrected chi connectivity index (χ4v) is 2.75. The van der Waals surface area contributed by atoms with E-state index in [9.17, 15) is 5.11 Å². The van der Waals surface area contributed by atoms with Gasteiger partial charge < -0.3 is 10.4 Å². The Balaban J connectivity index is 1.89. The van der Waals surface area contributed by atoms with E-state index >= 15 is 0 Å². The van der Waals surface area contributed by atoms with Gasteiger partial charge in [-0.3, -0.25) is 0 Å². The van der Waals surface area contributed by atoms with Crippen LogP contribution in [0, 0.1) is 0 Å². The van der Waals surface area contributed by atoms with Crippen molar-refractivity contribution in [2.75, 3.05) is 13.1 Å². The molecule has 3 rings (SSSR count). The topological polar surface area (TPSA) is 32.3 Å². The predicted octanol–water partition coefficient (Wildman–Crippen LogP) is 2.13. The van der Waals surface area contributed by atoms with Crippen LogP contribution in [0.25, 0.3) is 0 Å². The molecule has 0 aromatic heterocycles. The van der Waals surface area contributed by atoms with Crippen molar-refractivity contribution in [3.05, 3.63) is 35.4 Å². The summed E-state index contributed by atoms with van der Waals surface area (Å²) in [5.41, 5.74) is 1.89. The summed E-state index contributed by atoms with van der Waals surface area (Å²) in [5, 5.41) is 13.7. The summed E-state index contributed by atoms with van der Waals surface area (Å²) in [5.74, 6) is 0.748. The minimum atomic E-state index is -0.625. The summed E-state index contributed by atoms with van der Waals surface area (Å²) in [6.07, 6.45) is 4.84. The Bertz CT molecular complexity index is 378. The van der Waals surface area contributed by atoms with Gasteiger partial charge in [-0.15, -0.1) is 0 Å². The molecule has 1 saturated carbocycles. The molecule has 1 aromatic carbocycles. The van der Waals surface area contributed by atoms with E-state index in [0.717, 1.165) is 24.4 Å². The van der Waals surface area contributed by atoms with Gasteiger partial charge in [0, 0.05) is 6.54 Å². The van der Waals surface area contributed by atoms with Crippen LogP contribution in [0.1, 0.15) is 42.7 Å². The fraction of sp³-hybridized carbons (Fsp3) is 0.571. The lowest BCUT2D eigenvalue weighted by Crippen LogP contribution is -2.28. The van der Waals surface area contributed by atoms with Crippen LogP contribution >= 0.6 is 0 Å². The van der Waals surface area contributed by atoms with Crippen molar-refractivity contribution in [1.82, 2.24) is 5.32 Å². The molecule has 16 heavy (non-hydrogen) atoms. The van der Waals surface area contributed by atoms with E-state index in [0.29, 0.717) is 6.54 Å². The molecular weight excluding hydrogens is 198 g/mol. The Hall–Kier alpha value is -0.860. The van der Waals surface area contributed by atoms with Crippen LogP contribution in [0.5, 0.6) is 0 Å². The largest absolute Gasteiger partial charge is 0.384 e. The highest BCUT2D eigenvalue weighted by Gasteiger charge is 2.33. The molecular formula is C14H19NO. The summed E-state index contributed by atoms with van der Waals surface area (Å²) in [7, 11) is 0. The number of β-amino-alcohol motifs (C(OH)–C–C–N with tert-alkyl or cyclic N) is 1. The highest BCUT2D eigenvalue weighted by atomic mass is 16.3. The molecule has 1 saturated heterocycles. The Kier molecular flexibility index (Phi) is 2.49. The molecule has 0 spiro atoms. The van der Waals surface area contributed by atoms with Crippen LogP contribution in [-0.2, 0) is 5.60 Å². The Morgan fingerprint density at radius 3 is 2.81 bits per heavy atom. The van der Waals surface area contributed by atoms with E-state index in [2.05, 4.69) is 29.6 Å². The maximum atomic E-state index is 10.5. The van der Waals surface area contributed by atoms with Crippen molar-refractivity contribution in [3.63, 3.8) is 0 Å². The van der Waals surface area contributed by atoms with Gasteiger partial charge in [0.1, 0.15) is 5.60 Å². The summed E-state index contributed by atoms with van der Waals surface area (Å²) in [6.45, 7) is 1.62. The van der Waals surface area contributed by atoms with Crippen molar-refractivity contribution < 1.29 is 5.11 Å². The molecule has 1 aliphatic carbocycles. The molecule has 2 N–H and O–H groups in total. The van der Waals surface area contributed by atoms with Gasteiger partial charge >= 0.3 is 0 Å². The predicted molar refractivity (Wildman–Crippen MR) is 64.4 cm³/mol. The first-order valence-electron chi connectivity index (χ1n) is 6.31. The summed E-state index contributed by atoms with van der Waals surface area (Å²) < 4.78 is 0. The van der Waals surface area contributed by atoms with Gasteiger partial charge in [0.05, 0.1) is 0 Å². The number of hydrogen-bond donors (Lipinski definition) is 2. The van der Waals surface area contributed by atoms with Gasteiger partial charge in [-0.25, -0.2) is 0 Å². The SMILES string of the molecule is OC1(c2cccc(C3CCC3)c2)CCNC1. The third-order valence-electron chi connectivity index (χ3n) is 4.13. The van der Waals surface area contributed by atoms with Crippen LogP contribution in [0.4, 0.5) is 0 Å². The first-order valence-corrected chi connectivity index (χ1v) is 6.31. The normalized spacial score (nSPS) is 30.3. The zero-order valence-corrected chi connectivity index (χ0v) is 9.58. The number of nitrogens with one attached hydrogen (secondary N) is 1. The number of rotatable bonds is 2. The smallest absolute Gasteiger partial charge is 0.103 e. The molecule has 2 aliphatic rings. The molecule has 2 heteroatoms. The maximum Gasteiger partial charge on any atom is 0.103 e. The molecule has 2 nitrogen and oxygen atoms in total. The lowest BCUT2D eigenvalue weighted by atomic mass is 9.78. The zero-order valence-electron chi connectivity index (χ0n) is 9.58. The average molecular weight is 217 g/mol. The van der Waals surface area contributed by atoms with Gasteiger partial charge in [-0.2, -0.15) is 0 Å². The lowest BCUT2D eigenvalue weighted by molar-refractivity contribution is 0.0586. The van der Waals surface area contributed by atoms with Crippen LogP contribution in [0.2, 0.25) is 0 Å². The van der Waals surface area contributed by atoms with E-state index in [1.807, 2.05) is 0 Å². The van der Waals surface area contributed by atoms with Crippen molar-refractivity contribution >= 4 is 0 Å². The summed E-state index contributed by atoms with van der Waals surface area (Å²) in [6, 6.07) is 8.59. The molecule has 1 aromatic rings. The fourth-order valence-electron chi connectivity index (χ4n) is 2.75. The molecule has 1 heterocycles. The third kappa shape index (κ3) is 1.66. The molecule has 0 bridgehead atoms. The van der Waals surface area contributed by atoms with Crippen LogP contribution in [0.3, 0.4) is 0 Å². The zero-order chi connectivity index (χ0) is 11.0. The lowest BCUT2D eigenvalue weighted by Gasteiger charge is -2.28. The first-order chi connectivity index (χ1) is 7.78. The van der Waals surface area contributed by atoms with Gasteiger partial charge in [0.2, 0.25) is 0 Å². The van der Waals surface area contributed by atoms with Gasteiger partial charge in [0.25, 0.3) is 0 Å². The highest BCUT2D eigenvalue weighted by Crippen LogP contribution is 2.38. The van der Waals surface area contributed by atoms with Gasteiger partial charge in [-0.1, -0.05) is 30.7 Å². The van der Waals surface area contributed by atoms with E-state index in [-0.39, 0.29) is 0 Å². The molecule has 0 radical (unpaired) electrons. The van der Waals surface area contributed by atoms with Crippen molar-refractivity contribution in [1.29, 1.82) is 0 Å². The maximum absolute atomic E-state index is 10.5. The van der Waals surface area contributed by atoms with E-state index in [4.69, 9.17) is 0 Å². The van der Waals surface area contributed by atoms with Crippen molar-refractivity contribution in [2.24, 2.45) is 0 Å². The first kappa shape index (κ1) is 10.3. The second-order valence-corrected chi connectivity index (χ2v) is 5.21. The molecule has 2 fully saturated rings. The van der Waals surface area contributed by atoms with E-state index < -0.39 is 5.60 Å². The minimum absolute atomic E-state index is 0.625. The molecule has 86 valence electrons. The molecule has 1 aliphatic heterocycles. The van der Waals surface area contributed by atoms with Crippen LogP contribution in [0.15, 0.2) is 24.3 Å². The minimum Gasteiger partial charge on any atom is -0.384 e. The van der Waals surface area contributed by atoms with Gasteiger partial charge in [0.15, 0.2) is 0 Å². The van der Waals surface area contributed by atoms with E-state index in [1.54, 1.807) is 0 Å². The standard InChI is InChI=1S/C14H19NO/c16-14(7-8-15-10-14)13-6-2-5-12(9-13)11-3-1-4-11/h2,5-6,9,11,15-16H,1,3-4,7-8,10H2. The monoisotopic (exact) mass is 217 g/mol. The second-order valence-electron chi connectivity index (χ2n) is 5.21. The summed E-state index contributed by atoms with van der Waals surface area (Å²) in [4.78, 5) is 0. The van der Waals surface area contributed by atoms with Gasteiger partial charge in [-0.05, 0) is 42.9 Å². The van der Waals surface area contributed by atoms with Crippen LogP contribution in [-0.4, -0.2) is 18.2 Å². The number of benzene rings is 1. The Morgan fingerprint density at radius 2 is 2.19 bits per heavy atom. The second kappa shape index (κ2) is 3.86. The quantitative estimate of drug-likeness (QED) is 0.795. The average Bonchev–Trinajstić information content (AvgIpc) is 2.65. The molecule has 1 unspecified atom stereocenters. The highest BCUT2D eigenvalue weighted by molar-refractivity contribution is 5.32. The van der Waals surface area contributed by atoms with Crippen molar-refractivity contribution in [2.45, 2.75) is 37.2 Å².